The maximum absolute atomic E-state index is 12.8. The van der Waals surface area contributed by atoms with Crippen molar-refractivity contribution in [2.45, 2.75) is 63.3 Å². The molecule has 1 aromatic carbocycles. The minimum Gasteiger partial charge on any atom is -0.326 e. The molecule has 3 amide bonds. The van der Waals surface area contributed by atoms with E-state index in [1.54, 1.807) is 4.90 Å². The Bertz CT molecular complexity index is 763. The lowest BCUT2D eigenvalue weighted by Crippen LogP contribution is -2.52. The van der Waals surface area contributed by atoms with Crippen LogP contribution in [0.4, 0.5) is 0 Å². The Hall–Kier alpha value is -2.25. The van der Waals surface area contributed by atoms with Gasteiger partial charge in [0.05, 0.1) is 0 Å². The van der Waals surface area contributed by atoms with Gasteiger partial charge in [-0.15, -0.1) is 0 Å². The number of imide groups is 1. The molecule has 0 bridgehead atoms. The average molecular weight is 356 g/mol. The lowest BCUT2D eigenvalue weighted by atomic mass is 10.0. The molecule has 3 aliphatic rings. The third-order valence-electron chi connectivity index (χ3n) is 5.80. The van der Waals surface area contributed by atoms with E-state index >= 15 is 0 Å². The smallest absolute Gasteiger partial charge is 0.255 e. The van der Waals surface area contributed by atoms with Crippen LogP contribution in [-0.2, 0) is 22.7 Å². The molecule has 0 spiro atoms. The predicted octanol–water partition coefficient (Wildman–Crippen LogP) is 0.417. The van der Waals surface area contributed by atoms with Crippen LogP contribution < -0.4 is 16.4 Å². The highest BCUT2D eigenvalue weighted by Crippen LogP contribution is 2.30. The van der Waals surface area contributed by atoms with E-state index in [9.17, 15) is 14.4 Å². The number of benzene rings is 1. The fraction of sp³-hybridized carbons (Fsp3) is 0.526. The molecule has 1 saturated heterocycles. The van der Waals surface area contributed by atoms with E-state index in [4.69, 9.17) is 5.73 Å². The maximum atomic E-state index is 12.8. The van der Waals surface area contributed by atoms with Crippen molar-refractivity contribution in [2.75, 3.05) is 0 Å². The van der Waals surface area contributed by atoms with Crippen LogP contribution in [0, 0.1) is 0 Å². The van der Waals surface area contributed by atoms with E-state index in [1.807, 2.05) is 18.2 Å². The number of piperidine rings is 1. The van der Waals surface area contributed by atoms with Gasteiger partial charge in [-0.25, -0.2) is 0 Å². The van der Waals surface area contributed by atoms with E-state index in [0.717, 1.165) is 30.4 Å². The summed E-state index contributed by atoms with van der Waals surface area (Å²) >= 11 is 0. The Morgan fingerprint density at radius 3 is 2.77 bits per heavy atom. The summed E-state index contributed by atoms with van der Waals surface area (Å²) in [4.78, 5) is 37.9. The molecule has 3 atom stereocenters. The largest absolute Gasteiger partial charge is 0.326 e. The van der Waals surface area contributed by atoms with Gasteiger partial charge in [0.25, 0.3) is 5.91 Å². The third-order valence-corrected chi connectivity index (χ3v) is 5.80. The van der Waals surface area contributed by atoms with Crippen molar-refractivity contribution in [1.29, 1.82) is 0 Å². The number of rotatable bonds is 4. The van der Waals surface area contributed by atoms with Crippen molar-refractivity contribution in [3.8, 4) is 0 Å². The van der Waals surface area contributed by atoms with Crippen molar-refractivity contribution in [3.05, 3.63) is 34.9 Å². The van der Waals surface area contributed by atoms with E-state index in [2.05, 4.69) is 10.6 Å². The fourth-order valence-electron chi connectivity index (χ4n) is 4.30. The van der Waals surface area contributed by atoms with E-state index in [0.29, 0.717) is 31.1 Å². The molecule has 1 aromatic rings. The molecule has 2 heterocycles. The second kappa shape index (κ2) is 6.81. The second-order valence-electron chi connectivity index (χ2n) is 7.43. The molecule has 1 unspecified atom stereocenters. The van der Waals surface area contributed by atoms with Crippen molar-refractivity contribution >= 4 is 17.7 Å². The van der Waals surface area contributed by atoms with Crippen molar-refractivity contribution in [1.82, 2.24) is 15.5 Å². The zero-order chi connectivity index (χ0) is 18.3. The molecular formula is C19H24N4O3. The summed E-state index contributed by atoms with van der Waals surface area (Å²) in [5, 5.41) is 5.86. The van der Waals surface area contributed by atoms with Crippen LogP contribution in [0.3, 0.4) is 0 Å². The minimum atomic E-state index is -0.573. The average Bonchev–Trinajstić information content (AvgIpc) is 3.17. The molecule has 4 N–H and O–H groups in total. The van der Waals surface area contributed by atoms with Gasteiger partial charge in [0.15, 0.2) is 0 Å². The molecule has 1 saturated carbocycles. The van der Waals surface area contributed by atoms with Gasteiger partial charge in [0.1, 0.15) is 6.04 Å². The van der Waals surface area contributed by atoms with Crippen LogP contribution >= 0.6 is 0 Å². The first-order valence-electron chi connectivity index (χ1n) is 9.29. The normalized spacial score (nSPS) is 28.4. The molecule has 7 heteroatoms. The van der Waals surface area contributed by atoms with Crippen molar-refractivity contribution in [3.63, 3.8) is 0 Å². The van der Waals surface area contributed by atoms with Gasteiger partial charge in [0, 0.05) is 37.2 Å². The van der Waals surface area contributed by atoms with Gasteiger partial charge in [-0.1, -0.05) is 18.6 Å². The lowest BCUT2D eigenvalue weighted by molar-refractivity contribution is -0.136. The number of fused-ring (bicyclic) bond motifs is 1. The molecule has 1 aliphatic carbocycles. The Morgan fingerprint density at radius 1 is 1.19 bits per heavy atom. The van der Waals surface area contributed by atoms with E-state index in [-0.39, 0.29) is 30.2 Å². The van der Waals surface area contributed by atoms with Gasteiger partial charge in [-0.05, 0) is 36.5 Å². The van der Waals surface area contributed by atoms with Crippen LogP contribution in [0.25, 0.3) is 0 Å². The molecule has 0 aromatic heterocycles. The standard InChI is InChI=1S/C19H24N4O3/c20-14-5-2-6-15(14)21-9-11-3-1-4-12-13(11)10-23(19(12)26)16-7-8-17(24)22-18(16)25/h1,3-4,14-16,21H,2,5-10,20H2,(H,22,24,25)/t14-,15-,16?/m1/s1. The van der Waals surface area contributed by atoms with Gasteiger partial charge < -0.3 is 16.0 Å². The summed E-state index contributed by atoms with van der Waals surface area (Å²) in [6, 6.07) is 5.65. The first-order chi connectivity index (χ1) is 12.5. The highest BCUT2D eigenvalue weighted by atomic mass is 16.2. The summed E-state index contributed by atoms with van der Waals surface area (Å²) in [7, 11) is 0. The Labute approximate surface area is 152 Å². The van der Waals surface area contributed by atoms with Crippen LogP contribution in [0.1, 0.15) is 53.6 Å². The number of hydrogen-bond acceptors (Lipinski definition) is 5. The number of nitrogens with two attached hydrogens (primary N) is 1. The van der Waals surface area contributed by atoms with Crippen LogP contribution in [-0.4, -0.2) is 40.7 Å². The molecule has 2 fully saturated rings. The summed E-state index contributed by atoms with van der Waals surface area (Å²) < 4.78 is 0. The fourth-order valence-corrected chi connectivity index (χ4v) is 4.30. The van der Waals surface area contributed by atoms with Gasteiger partial charge in [0.2, 0.25) is 11.8 Å². The zero-order valence-electron chi connectivity index (χ0n) is 14.7. The molecule has 2 aliphatic heterocycles. The summed E-state index contributed by atoms with van der Waals surface area (Å²) in [5.41, 5.74) is 8.83. The van der Waals surface area contributed by atoms with Crippen LogP contribution in [0.5, 0.6) is 0 Å². The molecular weight excluding hydrogens is 332 g/mol. The zero-order valence-corrected chi connectivity index (χ0v) is 14.7. The quantitative estimate of drug-likeness (QED) is 0.678. The Morgan fingerprint density at radius 2 is 2.04 bits per heavy atom. The number of nitrogens with one attached hydrogen (secondary N) is 2. The SMILES string of the molecule is N[C@@H]1CCC[C@H]1NCc1cccc2c1CN(C1CCC(=O)NC1=O)C2=O. The highest BCUT2D eigenvalue weighted by Gasteiger charge is 2.39. The summed E-state index contributed by atoms with van der Waals surface area (Å²) in [5.74, 6) is -0.777. The molecule has 7 nitrogen and oxygen atoms in total. The topological polar surface area (TPSA) is 105 Å². The van der Waals surface area contributed by atoms with E-state index in [1.165, 1.54) is 0 Å². The van der Waals surface area contributed by atoms with E-state index < -0.39 is 6.04 Å². The first-order valence-corrected chi connectivity index (χ1v) is 9.29. The van der Waals surface area contributed by atoms with Gasteiger partial charge in [-0.2, -0.15) is 0 Å². The number of amides is 3. The first kappa shape index (κ1) is 17.2. The number of carbonyl (C=O) groups is 3. The number of hydrogen-bond donors (Lipinski definition) is 3. The number of carbonyl (C=O) groups excluding carboxylic acids is 3. The monoisotopic (exact) mass is 356 g/mol. The second-order valence-corrected chi connectivity index (χ2v) is 7.43. The lowest BCUT2D eigenvalue weighted by Gasteiger charge is -2.29. The maximum Gasteiger partial charge on any atom is 0.255 e. The summed E-state index contributed by atoms with van der Waals surface area (Å²) in [6.07, 6.45) is 3.93. The van der Waals surface area contributed by atoms with Crippen LogP contribution in [0.2, 0.25) is 0 Å². The molecule has 26 heavy (non-hydrogen) atoms. The van der Waals surface area contributed by atoms with Gasteiger partial charge in [-0.3, -0.25) is 19.7 Å². The predicted molar refractivity (Wildman–Crippen MR) is 94.9 cm³/mol. The Kier molecular flexibility index (Phi) is 4.50. The van der Waals surface area contributed by atoms with Gasteiger partial charge >= 0.3 is 0 Å². The summed E-state index contributed by atoms with van der Waals surface area (Å²) in [6.45, 7) is 1.08. The van der Waals surface area contributed by atoms with Crippen molar-refractivity contribution in [2.24, 2.45) is 5.73 Å². The molecule has 0 radical (unpaired) electrons. The molecule has 138 valence electrons. The van der Waals surface area contributed by atoms with Crippen LogP contribution in [0.15, 0.2) is 18.2 Å². The molecule has 4 rings (SSSR count). The Balaban J connectivity index is 1.50. The number of nitrogens with zero attached hydrogens (tertiary/aromatic N) is 1. The minimum absolute atomic E-state index is 0.131. The highest BCUT2D eigenvalue weighted by molar-refractivity contribution is 6.05. The third kappa shape index (κ3) is 3.01. The van der Waals surface area contributed by atoms with Crippen molar-refractivity contribution < 1.29 is 14.4 Å².